The lowest BCUT2D eigenvalue weighted by Crippen LogP contribution is -1.96. The van der Waals surface area contributed by atoms with Gasteiger partial charge in [0.15, 0.2) is 0 Å². The maximum Gasteiger partial charge on any atom is 0.138 e. The lowest BCUT2D eigenvalue weighted by atomic mass is 10.2. The first-order valence-electron chi connectivity index (χ1n) is 3.58. The Morgan fingerprint density at radius 3 is 2.67 bits per heavy atom. The molecule has 12 heavy (non-hydrogen) atoms. The first kappa shape index (κ1) is 9.31. The van der Waals surface area contributed by atoms with Gasteiger partial charge in [-0.3, -0.25) is 0 Å². The number of rotatable bonds is 3. The molecule has 1 atom stereocenters. The van der Waals surface area contributed by atoms with Crippen LogP contribution in [0.4, 0.5) is 0 Å². The second-order valence-corrected chi connectivity index (χ2v) is 3.07. The van der Waals surface area contributed by atoms with Gasteiger partial charge in [-0.2, -0.15) is 0 Å². The molecule has 0 bridgehead atoms. The average molecular weight is 225 g/mol. The Morgan fingerprint density at radius 2 is 2.08 bits per heavy atom. The van der Waals surface area contributed by atoms with Crippen molar-refractivity contribution in [1.29, 1.82) is 0 Å². The number of hydrogen-bond donors (Lipinski definition) is 0. The average Bonchev–Trinajstić information content (AvgIpc) is 2.15. The molecule has 0 saturated carbocycles. The van der Waals surface area contributed by atoms with Crippen LogP contribution in [0.15, 0.2) is 30.3 Å². The van der Waals surface area contributed by atoms with Crippen LogP contribution in [0.5, 0.6) is 0 Å². The minimum Gasteiger partial charge on any atom is -0.350 e. The third kappa shape index (κ3) is 2.69. The quantitative estimate of drug-likeness (QED) is 0.567. The molecular weight excluding hydrogens is 216 g/mol. The fraction of sp³-hybridized carbons (Fsp3) is 0.200. The van der Waals surface area contributed by atoms with E-state index in [1.807, 2.05) is 30.3 Å². The van der Waals surface area contributed by atoms with Crippen LogP contribution in [0.25, 0.3) is 0 Å². The molecule has 1 aromatic carbocycles. The zero-order valence-electron chi connectivity index (χ0n) is 6.53. The summed E-state index contributed by atoms with van der Waals surface area (Å²) < 4.78 is 5.26. The molecule has 0 radical (unpaired) electrons. The smallest absolute Gasteiger partial charge is 0.138 e. The van der Waals surface area contributed by atoms with Crippen molar-refractivity contribution in [3.05, 3.63) is 35.9 Å². The highest BCUT2D eigenvalue weighted by molar-refractivity contribution is 9.09. The van der Waals surface area contributed by atoms with Gasteiger partial charge >= 0.3 is 0 Å². The molecule has 1 nitrogen and oxygen atoms in total. The fourth-order valence-electron chi connectivity index (χ4n) is 0.822. The maximum atomic E-state index is 5.26. The first-order chi connectivity index (χ1) is 5.84. The standard InChI is InChI=1S/C10H9BrO/c1-2-8-12-10(11)9-6-4-3-5-7-9/h1,3-7,10H,8H2. The van der Waals surface area contributed by atoms with Gasteiger partial charge in [0.2, 0.25) is 0 Å². The Balaban J connectivity index is 2.55. The van der Waals surface area contributed by atoms with Gasteiger partial charge in [0, 0.05) is 0 Å². The van der Waals surface area contributed by atoms with Gasteiger partial charge in [0.1, 0.15) is 11.6 Å². The summed E-state index contributed by atoms with van der Waals surface area (Å²) in [5.41, 5.74) is 1.08. The third-order valence-corrected chi connectivity index (χ3v) is 2.17. The molecule has 0 aliphatic carbocycles. The van der Waals surface area contributed by atoms with E-state index in [4.69, 9.17) is 11.2 Å². The molecular formula is C10H9BrO. The van der Waals surface area contributed by atoms with Crippen molar-refractivity contribution in [1.82, 2.24) is 0 Å². The van der Waals surface area contributed by atoms with Crippen molar-refractivity contribution >= 4 is 15.9 Å². The van der Waals surface area contributed by atoms with Gasteiger partial charge in [-0.1, -0.05) is 52.2 Å². The van der Waals surface area contributed by atoms with E-state index in [0.717, 1.165) is 5.56 Å². The lowest BCUT2D eigenvalue weighted by molar-refractivity contribution is 0.150. The molecule has 0 saturated heterocycles. The Morgan fingerprint density at radius 1 is 1.42 bits per heavy atom. The molecule has 0 aliphatic rings. The number of terminal acetylenes is 1. The van der Waals surface area contributed by atoms with Gasteiger partial charge in [-0.25, -0.2) is 0 Å². The van der Waals surface area contributed by atoms with Gasteiger partial charge in [0.25, 0.3) is 0 Å². The predicted molar refractivity (Wildman–Crippen MR) is 52.9 cm³/mol. The maximum absolute atomic E-state index is 5.26. The molecule has 0 aliphatic heterocycles. The van der Waals surface area contributed by atoms with Crippen molar-refractivity contribution in [2.75, 3.05) is 6.61 Å². The van der Waals surface area contributed by atoms with Crippen molar-refractivity contribution < 1.29 is 4.74 Å². The SMILES string of the molecule is C#CCOC(Br)c1ccccc1. The van der Waals surface area contributed by atoms with Crippen molar-refractivity contribution in [3.63, 3.8) is 0 Å². The molecule has 0 amide bonds. The van der Waals surface area contributed by atoms with E-state index in [-0.39, 0.29) is 5.01 Å². The minimum absolute atomic E-state index is 0.102. The van der Waals surface area contributed by atoms with Crippen LogP contribution in [0.2, 0.25) is 0 Å². The first-order valence-corrected chi connectivity index (χ1v) is 4.50. The van der Waals surface area contributed by atoms with Crippen LogP contribution in [0.3, 0.4) is 0 Å². The zero-order chi connectivity index (χ0) is 8.81. The highest BCUT2D eigenvalue weighted by Crippen LogP contribution is 2.22. The van der Waals surface area contributed by atoms with Crippen molar-refractivity contribution in [3.8, 4) is 12.3 Å². The normalized spacial score (nSPS) is 12.0. The summed E-state index contributed by atoms with van der Waals surface area (Å²) >= 11 is 3.37. The van der Waals surface area contributed by atoms with E-state index in [2.05, 4.69) is 21.9 Å². The van der Waals surface area contributed by atoms with E-state index >= 15 is 0 Å². The number of halogens is 1. The summed E-state index contributed by atoms with van der Waals surface area (Å²) in [7, 11) is 0. The van der Waals surface area contributed by atoms with Gasteiger partial charge in [0.05, 0.1) is 0 Å². The summed E-state index contributed by atoms with van der Waals surface area (Å²) in [6, 6.07) is 9.85. The number of ether oxygens (including phenoxy) is 1. The van der Waals surface area contributed by atoms with Gasteiger partial charge < -0.3 is 4.74 Å². The third-order valence-electron chi connectivity index (χ3n) is 1.37. The number of hydrogen-bond acceptors (Lipinski definition) is 1. The van der Waals surface area contributed by atoms with Crippen molar-refractivity contribution in [2.24, 2.45) is 0 Å². The van der Waals surface area contributed by atoms with Crippen LogP contribution in [-0.4, -0.2) is 6.61 Å². The van der Waals surface area contributed by atoms with Crippen LogP contribution in [0, 0.1) is 12.3 Å². The highest BCUT2D eigenvalue weighted by atomic mass is 79.9. The summed E-state index contributed by atoms with van der Waals surface area (Å²) in [6.45, 7) is 0.324. The predicted octanol–water partition coefficient (Wildman–Crippen LogP) is 2.73. The van der Waals surface area contributed by atoms with Crippen molar-refractivity contribution in [2.45, 2.75) is 5.01 Å². The second-order valence-electron chi connectivity index (χ2n) is 2.24. The van der Waals surface area contributed by atoms with E-state index in [0.29, 0.717) is 6.61 Å². The van der Waals surface area contributed by atoms with E-state index in [9.17, 15) is 0 Å². The van der Waals surface area contributed by atoms with Gasteiger partial charge in [-0.05, 0) is 5.56 Å². The second kappa shape index (κ2) is 4.97. The van der Waals surface area contributed by atoms with Crippen LogP contribution in [0.1, 0.15) is 10.6 Å². The summed E-state index contributed by atoms with van der Waals surface area (Å²) in [6.07, 6.45) is 5.06. The fourth-order valence-corrected chi connectivity index (χ4v) is 1.26. The Hall–Kier alpha value is -0.780. The molecule has 1 unspecified atom stereocenters. The summed E-state index contributed by atoms with van der Waals surface area (Å²) in [5.74, 6) is 2.42. The van der Waals surface area contributed by atoms with Crippen LogP contribution in [-0.2, 0) is 4.74 Å². The zero-order valence-corrected chi connectivity index (χ0v) is 8.12. The Labute approximate surface area is 80.9 Å². The molecule has 0 spiro atoms. The molecule has 0 heterocycles. The molecule has 1 aromatic rings. The topological polar surface area (TPSA) is 9.23 Å². The van der Waals surface area contributed by atoms with Crippen LogP contribution < -0.4 is 0 Å². The monoisotopic (exact) mass is 224 g/mol. The Bertz CT molecular complexity index is 263. The molecule has 2 heteroatoms. The summed E-state index contributed by atoms with van der Waals surface area (Å²) in [4.78, 5) is 0. The summed E-state index contributed by atoms with van der Waals surface area (Å²) in [5, 5.41) is -0.102. The van der Waals surface area contributed by atoms with E-state index < -0.39 is 0 Å². The minimum atomic E-state index is -0.102. The molecule has 1 rings (SSSR count). The van der Waals surface area contributed by atoms with Crippen LogP contribution >= 0.6 is 15.9 Å². The molecule has 62 valence electrons. The van der Waals surface area contributed by atoms with E-state index in [1.165, 1.54) is 0 Å². The Kier molecular flexibility index (Phi) is 3.86. The largest absolute Gasteiger partial charge is 0.350 e. The molecule has 0 N–H and O–H groups in total. The lowest BCUT2D eigenvalue weighted by Gasteiger charge is -2.08. The number of alkyl halides is 1. The highest BCUT2D eigenvalue weighted by Gasteiger charge is 2.04. The van der Waals surface area contributed by atoms with Gasteiger partial charge in [-0.15, -0.1) is 6.42 Å². The molecule has 0 aromatic heterocycles. The van der Waals surface area contributed by atoms with E-state index in [1.54, 1.807) is 0 Å². The number of benzene rings is 1. The molecule has 0 fully saturated rings.